The highest BCUT2D eigenvalue weighted by Gasteiger charge is 2.32. The van der Waals surface area contributed by atoms with E-state index >= 15 is 0 Å². The van der Waals surface area contributed by atoms with Crippen LogP contribution in [0, 0.1) is 17.8 Å². The number of aliphatic hydroxyl groups excluding tert-OH is 2. The first-order chi connectivity index (χ1) is 12.6. The second-order valence-corrected chi connectivity index (χ2v) is 8.08. The van der Waals surface area contributed by atoms with Gasteiger partial charge in [0, 0.05) is 6.42 Å². The molecule has 0 heterocycles. The van der Waals surface area contributed by atoms with Gasteiger partial charge < -0.3 is 15.3 Å². The highest BCUT2D eigenvalue weighted by Crippen LogP contribution is 2.37. The third kappa shape index (κ3) is 7.24. The van der Waals surface area contributed by atoms with Crippen molar-refractivity contribution in [2.24, 2.45) is 17.8 Å². The van der Waals surface area contributed by atoms with Crippen molar-refractivity contribution >= 4 is 5.97 Å². The molecule has 4 unspecified atom stereocenters. The first-order valence-electron chi connectivity index (χ1n) is 10.5. The number of carbonyl (C=O) groups is 1. The molecule has 0 aromatic rings. The molecule has 0 saturated heterocycles. The number of aliphatic hydroxyl groups is 2. The van der Waals surface area contributed by atoms with E-state index in [-0.39, 0.29) is 24.5 Å². The Hall–Kier alpha value is -1.13. The van der Waals surface area contributed by atoms with E-state index in [2.05, 4.69) is 6.08 Å². The summed E-state index contributed by atoms with van der Waals surface area (Å²) in [5.74, 6) is 0.226. The minimum atomic E-state index is -0.765. The van der Waals surface area contributed by atoms with Crippen LogP contribution in [-0.4, -0.2) is 33.5 Å². The highest BCUT2D eigenvalue weighted by atomic mass is 16.4. The lowest BCUT2D eigenvalue weighted by Crippen LogP contribution is -2.20. The summed E-state index contributed by atoms with van der Waals surface area (Å²) in [6, 6.07) is 0. The van der Waals surface area contributed by atoms with E-state index in [1.807, 2.05) is 18.2 Å². The zero-order valence-corrected chi connectivity index (χ0v) is 15.9. The maximum atomic E-state index is 10.5. The Kier molecular flexibility index (Phi) is 9.41. The van der Waals surface area contributed by atoms with E-state index in [4.69, 9.17) is 5.11 Å². The summed E-state index contributed by atoms with van der Waals surface area (Å²) in [6.07, 6.45) is 19.2. The molecule has 0 spiro atoms. The fourth-order valence-corrected chi connectivity index (χ4v) is 4.52. The van der Waals surface area contributed by atoms with Crippen molar-refractivity contribution in [3.63, 3.8) is 0 Å². The lowest BCUT2D eigenvalue weighted by Gasteiger charge is -2.21. The molecule has 2 fully saturated rings. The molecule has 4 nitrogen and oxygen atoms in total. The van der Waals surface area contributed by atoms with Crippen LogP contribution in [0.3, 0.4) is 0 Å². The first-order valence-corrected chi connectivity index (χ1v) is 10.5. The van der Waals surface area contributed by atoms with Crippen molar-refractivity contribution in [1.82, 2.24) is 0 Å². The van der Waals surface area contributed by atoms with E-state index in [0.717, 1.165) is 38.5 Å². The van der Waals surface area contributed by atoms with Crippen LogP contribution in [0.5, 0.6) is 0 Å². The maximum absolute atomic E-state index is 10.5. The van der Waals surface area contributed by atoms with Gasteiger partial charge in [-0.15, -0.1) is 0 Å². The van der Waals surface area contributed by atoms with Gasteiger partial charge >= 0.3 is 5.97 Å². The quantitative estimate of drug-likeness (QED) is 0.417. The van der Waals surface area contributed by atoms with Gasteiger partial charge in [0.05, 0.1) is 12.2 Å². The summed E-state index contributed by atoms with van der Waals surface area (Å²) in [4.78, 5) is 10.5. The van der Waals surface area contributed by atoms with Crippen molar-refractivity contribution in [2.45, 2.75) is 89.3 Å². The Balaban J connectivity index is 1.78. The summed E-state index contributed by atoms with van der Waals surface area (Å²) >= 11 is 0. The van der Waals surface area contributed by atoms with Crippen LogP contribution in [0.2, 0.25) is 0 Å². The average Bonchev–Trinajstić information content (AvgIpc) is 2.81. The third-order valence-electron chi connectivity index (χ3n) is 6.14. The molecule has 3 N–H and O–H groups in total. The van der Waals surface area contributed by atoms with Gasteiger partial charge in [-0.2, -0.15) is 0 Å². The maximum Gasteiger partial charge on any atom is 0.303 e. The van der Waals surface area contributed by atoms with Crippen LogP contribution in [0.1, 0.15) is 77.0 Å². The Bertz CT molecular complexity index is 463. The lowest BCUT2D eigenvalue weighted by atomic mass is 9.88. The van der Waals surface area contributed by atoms with Crippen LogP contribution in [-0.2, 0) is 4.79 Å². The SMILES string of the molecule is O=C(O)CCC=CCCC1C(O)CCC1C=CC(O)C1CCCCCC1. The highest BCUT2D eigenvalue weighted by molar-refractivity contribution is 5.66. The van der Waals surface area contributed by atoms with E-state index < -0.39 is 5.97 Å². The van der Waals surface area contributed by atoms with Crippen molar-refractivity contribution in [2.75, 3.05) is 0 Å². The molecule has 0 aliphatic heterocycles. The number of carboxylic acids is 1. The van der Waals surface area contributed by atoms with Gasteiger partial charge in [-0.05, 0) is 62.7 Å². The molecular formula is C22H36O4. The predicted molar refractivity (Wildman–Crippen MR) is 104 cm³/mol. The van der Waals surface area contributed by atoms with E-state index in [1.165, 1.54) is 25.7 Å². The number of rotatable bonds is 9. The van der Waals surface area contributed by atoms with Gasteiger partial charge in [0.15, 0.2) is 0 Å². The van der Waals surface area contributed by atoms with E-state index in [9.17, 15) is 15.0 Å². The molecule has 0 aromatic carbocycles. The van der Waals surface area contributed by atoms with Crippen molar-refractivity contribution < 1.29 is 20.1 Å². The summed E-state index contributed by atoms with van der Waals surface area (Å²) in [6.45, 7) is 0. The Morgan fingerprint density at radius 2 is 1.69 bits per heavy atom. The van der Waals surface area contributed by atoms with Crippen LogP contribution in [0.25, 0.3) is 0 Å². The minimum absolute atomic E-state index is 0.174. The molecule has 2 aliphatic rings. The van der Waals surface area contributed by atoms with Crippen molar-refractivity contribution in [3.8, 4) is 0 Å². The Morgan fingerprint density at radius 1 is 1.00 bits per heavy atom. The smallest absolute Gasteiger partial charge is 0.303 e. The van der Waals surface area contributed by atoms with Gasteiger partial charge in [-0.1, -0.05) is 50.0 Å². The molecule has 2 saturated carbocycles. The molecule has 0 aromatic heterocycles. The number of carboxylic acid groups (broad SMARTS) is 1. The Labute approximate surface area is 158 Å². The van der Waals surface area contributed by atoms with Gasteiger partial charge in [-0.3, -0.25) is 4.79 Å². The summed E-state index contributed by atoms with van der Waals surface area (Å²) in [5.41, 5.74) is 0. The molecule has 0 amide bonds. The minimum Gasteiger partial charge on any atom is -0.481 e. The molecule has 0 bridgehead atoms. The largest absolute Gasteiger partial charge is 0.481 e. The van der Waals surface area contributed by atoms with E-state index in [0.29, 0.717) is 18.3 Å². The monoisotopic (exact) mass is 364 g/mol. The molecule has 4 heteroatoms. The summed E-state index contributed by atoms with van der Waals surface area (Å²) < 4.78 is 0. The first kappa shape index (κ1) is 21.2. The molecule has 4 atom stereocenters. The van der Waals surface area contributed by atoms with Crippen LogP contribution >= 0.6 is 0 Å². The van der Waals surface area contributed by atoms with E-state index in [1.54, 1.807) is 0 Å². The molecule has 0 radical (unpaired) electrons. The zero-order valence-electron chi connectivity index (χ0n) is 15.9. The van der Waals surface area contributed by atoms with Gasteiger partial charge in [0.2, 0.25) is 0 Å². The van der Waals surface area contributed by atoms with Crippen LogP contribution in [0.4, 0.5) is 0 Å². The fraction of sp³-hybridized carbons (Fsp3) is 0.773. The fourth-order valence-electron chi connectivity index (χ4n) is 4.52. The molecule has 2 aliphatic carbocycles. The van der Waals surface area contributed by atoms with Crippen LogP contribution < -0.4 is 0 Å². The Morgan fingerprint density at radius 3 is 2.38 bits per heavy atom. The van der Waals surface area contributed by atoms with Gasteiger partial charge in [0.25, 0.3) is 0 Å². The molecule has 2 rings (SSSR count). The van der Waals surface area contributed by atoms with Crippen molar-refractivity contribution in [3.05, 3.63) is 24.3 Å². The zero-order chi connectivity index (χ0) is 18.8. The van der Waals surface area contributed by atoms with Crippen molar-refractivity contribution in [1.29, 1.82) is 0 Å². The topological polar surface area (TPSA) is 77.8 Å². The molecule has 26 heavy (non-hydrogen) atoms. The van der Waals surface area contributed by atoms with Crippen LogP contribution in [0.15, 0.2) is 24.3 Å². The number of hydrogen-bond acceptors (Lipinski definition) is 3. The summed E-state index contributed by atoms with van der Waals surface area (Å²) in [7, 11) is 0. The lowest BCUT2D eigenvalue weighted by molar-refractivity contribution is -0.136. The molecular weight excluding hydrogens is 328 g/mol. The predicted octanol–water partition coefficient (Wildman–Crippen LogP) is 4.46. The number of aliphatic carboxylic acids is 1. The van der Waals surface area contributed by atoms with Gasteiger partial charge in [0.1, 0.15) is 0 Å². The number of allylic oxidation sites excluding steroid dienone is 3. The number of hydrogen-bond donors (Lipinski definition) is 3. The third-order valence-corrected chi connectivity index (χ3v) is 6.14. The second-order valence-electron chi connectivity index (χ2n) is 8.08. The normalized spacial score (nSPS) is 29.4. The molecule has 148 valence electrons. The van der Waals surface area contributed by atoms with Gasteiger partial charge in [-0.25, -0.2) is 0 Å². The summed E-state index contributed by atoms with van der Waals surface area (Å²) in [5, 5.41) is 29.4. The second kappa shape index (κ2) is 11.6. The average molecular weight is 365 g/mol. The standard InChI is InChI=1S/C22H36O4/c23-20(18-9-5-1-2-6-10-18)15-13-17-14-16-21(24)19(17)11-7-3-4-8-12-22(25)26/h3-4,13,15,17-21,23-24H,1-2,5-12,14,16H2,(H,25,26).